The number of hydrogen-bond acceptors (Lipinski definition) is 4. The Morgan fingerprint density at radius 1 is 1.30 bits per heavy atom. The first-order valence-corrected chi connectivity index (χ1v) is 7.38. The lowest BCUT2D eigenvalue weighted by atomic mass is 10.1. The summed E-state index contributed by atoms with van der Waals surface area (Å²) in [6.45, 7) is 5.48. The van der Waals surface area contributed by atoms with Crippen LogP contribution in [0.25, 0.3) is 0 Å². The van der Waals surface area contributed by atoms with Crippen LogP contribution in [0, 0.1) is 0 Å². The molecule has 0 aromatic heterocycles. The third-order valence-corrected chi connectivity index (χ3v) is 3.97. The van der Waals surface area contributed by atoms with Gasteiger partial charge in [-0.3, -0.25) is 4.90 Å². The van der Waals surface area contributed by atoms with Crippen molar-refractivity contribution >= 4 is 17.2 Å². The number of thiocarbonyl (C=S) groups is 1. The molecule has 0 unspecified atom stereocenters. The largest absolute Gasteiger partial charge is 0.496 e. The second-order valence-electron chi connectivity index (χ2n) is 5.33. The van der Waals surface area contributed by atoms with Crippen molar-refractivity contribution in [3.8, 4) is 5.75 Å². The van der Waals surface area contributed by atoms with Crippen LogP contribution >= 0.6 is 12.2 Å². The Balaban J connectivity index is 2.09. The molecule has 2 rings (SSSR count). The number of ether oxygens (including phenoxy) is 1. The Bertz CT molecular complexity index is 478. The van der Waals surface area contributed by atoms with Crippen LogP contribution in [0.15, 0.2) is 18.2 Å². The summed E-state index contributed by atoms with van der Waals surface area (Å²) in [5.74, 6) is 0.747. The van der Waals surface area contributed by atoms with Crippen molar-refractivity contribution in [2.24, 2.45) is 5.73 Å². The predicted octanol–water partition coefficient (Wildman–Crippen LogP) is 1.47. The van der Waals surface area contributed by atoms with Crippen LogP contribution in [0.5, 0.6) is 5.75 Å². The zero-order valence-electron chi connectivity index (χ0n) is 12.3. The molecule has 0 saturated carbocycles. The summed E-state index contributed by atoms with van der Waals surface area (Å²) < 4.78 is 5.30. The number of hydrogen-bond donors (Lipinski definition) is 1. The lowest BCUT2D eigenvalue weighted by Gasteiger charge is -2.20. The predicted molar refractivity (Wildman–Crippen MR) is 86.3 cm³/mol. The minimum absolute atomic E-state index is 0.388. The maximum Gasteiger partial charge on any atom is 0.129 e. The molecule has 0 amide bonds. The second kappa shape index (κ2) is 7.02. The molecule has 4 nitrogen and oxygen atoms in total. The molecule has 110 valence electrons. The summed E-state index contributed by atoms with van der Waals surface area (Å²) in [5.41, 5.74) is 7.83. The van der Waals surface area contributed by atoms with Gasteiger partial charge >= 0.3 is 0 Å². The summed E-state index contributed by atoms with van der Waals surface area (Å²) in [5, 5.41) is 0. The molecule has 0 radical (unpaired) electrons. The van der Waals surface area contributed by atoms with Gasteiger partial charge in [-0.15, -0.1) is 0 Å². The molecule has 1 aliphatic rings. The van der Waals surface area contributed by atoms with Crippen LogP contribution in [0.4, 0.5) is 0 Å². The van der Waals surface area contributed by atoms with Crippen LogP contribution in [0.2, 0.25) is 0 Å². The Hall–Kier alpha value is -1.17. The average molecular weight is 293 g/mol. The standard InChI is InChI=1S/C15H23N3OS/c1-17-6-3-7-18(9-8-17)11-12-4-5-14(19-2)13(10-12)15(16)20/h4-5,10H,3,6-9,11H2,1-2H3,(H2,16,20). The average Bonchev–Trinajstić information content (AvgIpc) is 2.63. The minimum Gasteiger partial charge on any atom is -0.496 e. The Labute approximate surface area is 126 Å². The number of likely N-dealkylation sites (N-methyl/N-ethyl adjacent to an activating group) is 1. The van der Waals surface area contributed by atoms with Crippen molar-refractivity contribution < 1.29 is 4.74 Å². The normalized spacial score (nSPS) is 17.7. The van der Waals surface area contributed by atoms with Crippen LogP contribution in [0.3, 0.4) is 0 Å². The van der Waals surface area contributed by atoms with Gasteiger partial charge in [0.15, 0.2) is 0 Å². The first-order chi connectivity index (χ1) is 9.60. The molecule has 1 heterocycles. The highest BCUT2D eigenvalue weighted by molar-refractivity contribution is 7.80. The van der Waals surface area contributed by atoms with Gasteiger partial charge in [0.1, 0.15) is 10.7 Å². The van der Waals surface area contributed by atoms with Crippen molar-refractivity contribution in [2.75, 3.05) is 40.3 Å². The highest BCUT2D eigenvalue weighted by Gasteiger charge is 2.13. The molecule has 20 heavy (non-hydrogen) atoms. The number of nitrogens with zero attached hydrogens (tertiary/aromatic N) is 2. The third-order valence-electron chi connectivity index (χ3n) is 3.75. The van der Waals surface area contributed by atoms with Gasteiger partial charge < -0.3 is 15.4 Å². The van der Waals surface area contributed by atoms with Gasteiger partial charge in [-0.25, -0.2) is 0 Å². The smallest absolute Gasteiger partial charge is 0.129 e. The van der Waals surface area contributed by atoms with Gasteiger partial charge in [-0.05, 0) is 44.3 Å². The molecule has 0 spiro atoms. The zero-order valence-corrected chi connectivity index (χ0v) is 13.1. The molecule has 5 heteroatoms. The Kier molecular flexibility index (Phi) is 5.34. The fourth-order valence-electron chi connectivity index (χ4n) is 2.56. The molecule has 2 N–H and O–H groups in total. The van der Waals surface area contributed by atoms with E-state index in [2.05, 4.69) is 29.0 Å². The molecular weight excluding hydrogens is 270 g/mol. The van der Waals surface area contributed by atoms with Crippen molar-refractivity contribution in [2.45, 2.75) is 13.0 Å². The summed E-state index contributed by atoms with van der Waals surface area (Å²) >= 11 is 5.09. The van der Waals surface area contributed by atoms with E-state index in [9.17, 15) is 0 Å². The SMILES string of the molecule is COc1ccc(CN2CCCN(C)CC2)cc1C(N)=S. The van der Waals surface area contributed by atoms with Gasteiger partial charge in [0, 0.05) is 19.6 Å². The van der Waals surface area contributed by atoms with Gasteiger partial charge in [-0.2, -0.15) is 0 Å². The van der Waals surface area contributed by atoms with E-state index in [0.717, 1.165) is 37.5 Å². The zero-order chi connectivity index (χ0) is 14.5. The quantitative estimate of drug-likeness (QED) is 0.852. The minimum atomic E-state index is 0.388. The molecule has 1 aliphatic heterocycles. The first kappa shape index (κ1) is 15.2. The lowest BCUT2D eigenvalue weighted by Crippen LogP contribution is -2.28. The fourth-order valence-corrected chi connectivity index (χ4v) is 2.72. The van der Waals surface area contributed by atoms with Crippen LogP contribution < -0.4 is 10.5 Å². The monoisotopic (exact) mass is 293 g/mol. The molecule has 0 atom stereocenters. The summed E-state index contributed by atoms with van der Waals surface area (Å²) in [4.78, 5) is 5.25. The molecular formula is C15H23N3OS. The van der Waals surface area contributed by atoms with Crippen molar-refractivity contribution in [3.63, 3.8) is 0 Å². The molecule has 1 saturated heterocycles. The second-order valence-corrected chi connectivity index (χ2v) is 5.77. The van der Waals surface area contributed by atoms with E-state index in [-0.39, 0.29) is 0 Å². The Morgan fingerprint density at radius 3 is 2.80 bits per heavy atom. The van der Waals surface area contributed by atoms with E-state index in [1.165, 1.54) is 18.5 Å². The Morgan fingerprint density at radius 2 is 2.10 bits per heavy atom. The van der Waals surface area contributed by atoms with Gasteiger partial charge in [0.25, 0.3) is 0 Å². The van der Waals surface area contributed by atoms with Gasteiger partial charge in [0.05, 0.1) is 12.7 Å². The van der Waals surface area contributed by atoms with Gasteiger partial charge in [0.2, 0.25) is 0 Å². The number of rotatable bonds is 4. The highest BCUT2D eigenvalue weighted by atomic mass is 32.1. The van der Waals surface area contributed by atoms with Gasteiger partial charge in [-0.1, -0.05) is 18.3 Å². The fraction of sp³-hybridized carbons (Fsp3) is 0.533. The van der Waals surface area contributed by atoms with Crippen LogP contribution in [-0.4, -0.2) is 55.1 Å². The van der Waals surface area contributed by atoms with E-state index in [0.29, 0.717) is 4.99 Å². The lowest BCUT2D eigenvalue weighted by molar-refractivity contribution is 0.269. The maximum absolute atomic E-state index is 5.77. The third kappa shape index (κ3) is 3.91. The molecule has 1 fully saturated rings. The number of nitrogens with two attached hydrogens (primary N) is 1. The van der Waals surface area contributed by atoms with Crippen LogP contribution in [0.1, 0.15) is 17.5 Å². The molecule has 1 aromatic rings. The number of methoxy groups -OCH3 is 1. The van der Waals surface area contributed by atoms with Crippen LogP contribution in [-0.2, 0) is 6.54 Å². The molecule has 0 bridgehead atoms. The van der Waals surface area contributed by atoms with E-state index >= 15 is 0 Å². The van der Waals surface area contributed by atoms with E-state index in [1.807, 2.05) is 6.07 Å². The number of benzene rings is 1. The van der Waals surface area contributed by atoms with E-state index < -0.39 is 0 Å². The molecule has 1 aromatic carbocycles. The first-order valence-electron chi connectivity index (χ1n) is 6.98. The van der Waals surface area contributed by atoms with Crippen molar-refractivity contribution in [1.29, 1.82) is 0 Å². The summed E-state index contributed by atoms with van der Waals surface area (Å²) in [6, 6.07) is 6.10. The van der Waals surface area contributed by atoms with Crippen molar-refractivity contribution in [1.82, 2.24) is 9.80 Å². The molecule has 0 aliphatic carbocycles. The van der Waals surface area contributed by atoms with Crippen molar-refractivity contribution in [3.05, 3.63) is 29.3 Å². The van der Waals surface area contributed by atoms with E-state index in [1.54, 1.807) is 7.11 Å². The van der Waals surface area contributed by atoms with E-state index in [4.69, 9.17) is 22.7 Å². The summed E-state index contributed by atoms with van der Waals surface area (Å²) in [7, 11) is 3.82. The topological polar surface area (TPSA) is 41.7 Å². The maximum atomic E-state index is 5.77. The highest BCUT2D eigenvalue weighted by Crippen LogP contribution is 2.21. The summed E-state index contributed by atoms with van der Waals surface area (Å²) in [6.07, 6.45) is 1.22.